The zero-order valence-electron chi connectivity index (χ0n) is 11.7. The van der Waals surface area contributed by atoms with Crippen molar-refractivity contribution in [3.05, 3.63) is 41.5 Å². The van der Waals surface area contributed by atoms with E-state index in [-0.39, 0.29) is 5.41 Å². The zero-order chi connectivity index (χ0) is 15.2. The van der Waals surface area contributed by atoms with Gasteiger partial charge in [-0.1, -0.05) is 38.1 Å². The molecule has 0 aliphatic rings. The highest BCUT2D eigenvalue weighted by Crippen LogP contribution is 2.31. The second kappa shape index (κ2) is 6.73. The summed E-state index contributed by atoms with van der Waals surface area (Å²) < 4.78 is 37.3. The Hall–Kier alpha value is -1.58. The Labute approximate surface area is 117 Å². The molecule has 0 radical (unpaired) electrons. The Bertz CT molecular complexity index is 460. The zero-order valence-corrected chi connectivity index (χ0v) is 11.7. The highest BCUT2D eigenvalue weighted by atomic mass is 19.4. The molecule has 0 saturated carbocycles. The van der Waals surface area contributed by atoms with Crippen molar-refractivity contribution in [2.24, 2.45) is 5.41 Å². The maximum Gasteiger partial charge on any atom is 0.416 e. The van der Waals surface area contributed by atoms with Gasteiger partial charge >= 0.3 is 6.18 Å². The smallest absolute Gasteiger partial charge is 0.303 e. The summed E-state index contributed by atoms with van der Waals surface area (Å²) in [4.78, 5) is 10.4. The molecule has 0 spiro atoms. The number of carbonyl (C=O) groups excluding carboxylic acids is 1. The van der Waals surface area contributed by atoms with Gasteiger partial charge in [0.05, 0.1) is 5.56 Å². The Kier molecular flexibility index (Phi) is 5.54. The molecular weight excluding hydrogens is 265 g/mol. The van der Waals surface area contributed by atoms with Crippen molar-refractivity contribution < 1.29 is 18.0 Å². The van der Waals surface area contributed by atoms with Crippen LogP contribution in [0.5, 0.6) is 0 Å². The van der Waals surface area contributed by atoms with E-state index < -0.39 is 11.7 Å². The van der Waals surface area contributed by atoms with E-state index in [9.17, 15) is 18.0 Å². The van der Waals surface area contributed by atoms with E-state index in [0.29, 0.717) is 6.42 Å². The van der Waals surface area contributed by atoms with E-state index in [1.54, 1.807) is 0 Å². The maximum absolute atomic E-state index is 12.4. The predicted octanol–water partition coefficient (Wildman–Crippen LogP) is 5.11. The molecule has 20 heavy (non-hydrogen) atoms. The van der Waals surface area contributed by atoms with Crippen molar-refractivity contribution in [3.8, 4) is 0 Å². The number of hydrogen-bond donors (Lipinski definition) is 0. The lowest BCUT2D eigenvalue weighted by Crippen LogP contribution is -2.11. The van der Waals surface area contributed by atoms with Crippen LogP contribution in [0.1, 0.15) is 44.2 Å². The first-order chi connectivity index (χ1) is 9.30. The lowest BCUT2D eigenvalue weighted by atomic mass is 9.82. The van der Waals surface area contributed by atoms with Crippen LogP contribution in [0.25, 0.3) is 6.08 Å². The van der Waals surface area contributed by atoms with Crippen molar-refractivity contribution in [2.75, 3.05) is 0 Å². The fraction of sp³-hybridized carbons (Fsp3) is 0.438. The van der Waals surface area contributed by atoms with Gasteiger partial charge in [-0.25, -0.2) is 0 Å². The number of rotatable bonds is 6. The molecule has 0 bridgehead atoms. The van der Waals surface area contributed by atoms with Crippen LogP contribution in [0.3, 0.4) is 0 Å². The Balaban J connectivity index is 2.81. The topological polar surface area (TPSA) is 17.1 Å². The number of hydrogen-bond acceptors (Lipinski definition) is 1. The number of benzene rings is 1. The minimum absolute atomic E-state index is 0.108. The first kappa shape index (κ1) is 16.5. The van der Waals surface area contributed by atoms with Gasteiger partial charge in [-0.2, -0.15) is 13.2 Å². The van der Waals surface area contributed by atoms with Gasteiger partial charge in [0.15, 0.2) is 0 Å². The first-order valence-corrected chi connectivity index (χ1v) is 6.61. The molecule has 0 aliphatic heterocycles. The Morgan fingerprint density at radius 2 is 1.75 bits per heavy atom. The second-order valence-corrected chi connectivity index (χ2v) is 5.17. The van der Waals surface area contributed by atoms with E-state index >= 15 is 0 Å². The fourth-order valence-electron chi connectivity index (χ4n) is 1.85. The third kappa shape index (κ3) is 4.83. The highest BCUT2D eigenvalue weighted by molar-refractivity contribution is 5.52. The van der Waals surface area contributed by atoms with Crippen LogP contribution in [0.15, 0.2) is 30.3 Å². The first-order valence-electron chi connectivity index (χ1n) is 6.61. The molecule has 110 valence electrons. The minimum Gasteiger partial charge on any atom is -0.303 e. The summed E-state index contributed by atoms with van der Waals surface area (Å²) in [5.41, 5.74) is -0.0264. The quantitative estimate of drug-likeness (QED) is 0.663. The van der Waals surface area contributed by atoms with Crippen LogP contribution in [0.2, 0.25) is 0 Å². The average Bonchev–Trinajstić information content (AvgIpc) is 2.42. The molecule has 1 rings (SSSR count). The predicted molar refractivity (Wildman–Crippen MR) is 74.2 cm³/mol. The van der Waals surface area contributed by atoms with E-state index in [4.69, 9.17) is 0 Å². The number of alkyl halides is 3. The third-order valence-electron chi connectivity index (χ3n) is 3.56. The summed E-state index contributed by atoms with van der Waals surface area (Å²) in [7, 11) is 0. The van der Waals surface area contributed by atoms with Crippen molar-refractivity contribution in [1.82, 2.24) is 0 Å². The summed E-state index contributed by atoms with van der Waals surface area (Å²) in [5, 5.41) is 0. The molecule has 1 nitrogen and oxygen atoms in total. The molecule has 0 heterocycles. The molecule has 1 atom stereocenters. The van der Waals surface area contributed by atoms with Gasteiger partial charge in [-0.05, 0) is 36.0 Å². The molecule has 0 aromatic heterocycles. The van der Waals surface area contributed by atoms with Crippen LogP contribution in [0, 0.1) is 5.41 Å². The van der Waals surface area contributed by atoms with Crippen molar-refractivity contribution in [2.45, 2.75) is 39.3 Å². The lowest BCUT2D eigenvalue weighted by Gasteiger charge is -2.23. The van der Waals surface area contributed by atoms with Gasteiger partial charge in [0.25, 0.3) is 0 Å². The number of aldehydes is 1. The summed E-state index contributed by atoms with van der Waals surface area (Å²) >= 11 is 0. The standard InChI is InChI=1S/C16H19F3O/c1-3-15(2,10-4-12-20)11-9-13-5-7-14(8-6-13)16(17,18)19/h5-9,11-12H,3-4,10H2,1-2H3/b11-9+/t15-/m1/s1. The van der Waals surface area contributed by atoms with Gasteiger partial charge in [0, 0.05) is 6.42 Å². The van der Waals surface area contributed by atoms with Crippen LogP contribution in [-0.4, -0.2) is 6.29 Å². The number of halogens is 3. The van der Waals surface area contributed by atoms with Gasteiger partial charge < -0.3 is 4.79 Å². The van der Waals surface area contributed by atoms with Gasteiger partial charge in [0.1, 0.15) is 6.29 Å². The molecule has 0 amide bonds. The fourth-order valence-corrected chi connectivity index (χ4v) is 1.85. The molecule has 0 saturated heterocycles. The summed E-state index contributed by atoms with van der Waals surface area (Å²) in [5.74, 6) is 0. The SMILES string of the molecule is CC[C@@](C)(/C=C/c1ccc(C(F)(F)F)cc1)CCC=O. The Morgan fingerprint density at radius 1 is 1.15 bits per heavy atom. The van der Waals surface area contributed by atoms with Gasteiger partial charge in [-0.15, -0.1) is 0 Å². The molecule has 0 fully saturated rings. The summed E-state index contributed by atoms with van der Waals surface area (Å²) in [6.45, 7) is 4.07. The lowest BCUT2D eigenvalue weighted by molar-refractivity contribution is -0.137. The van der Waals surface area contributed by atoms with Crippen LogP contribution in [-0.2, 0) is 11.0 Å². The molecule has 0 N–H and O–H groups in total. The third-order valence-corrected chi connectivity index (χ3v) is 3.56. The summed E-state index contributed by atoms with van der Waals surface area (Å²) in [6.07, 6.45) is 2.47. The van der Waals surface area contributed by atoms with E-state index in [1.807, 2.05) is 26.0 Å². The number of carbonyl (C=O) groups is 1. The van der Waals surface area contributed by atoms with Crippen LogP contribution < -0.4 is 0 Å². The highest BCUT2D eigenvalue weighted by Gasteiger charge is 2.29. The normalized spacial score (nSPS) is 15.2. The summed E-state index contributed by atoms with van der Waals surface area (Å²) in [6, 6.07) is 5.06. The second-order valence-electron chi connectivity index (χ2n) is 5.17. The average molecular weight is 284 g/mol. The van der Waals surface area contributed by atoms with E-state index in [2.05, 4.69) is 0 Å². The molecule has 0 aliphatic carbocycles. The van der Waals surface area contributed by atoms with Gasteiger partial charge in [-0.3, -0.25) is 0 Å². The number of allylic oxidation sites excluding steroid dienone is 1. The largest absolute Gasteiger partial charge is 0.416 e. The molecule has 4 heteroatoms. The van der Waals surface area contributed by atoms with Gasteiger partial charge in [0.2, 0.25) is 0 Å². The van der Waals surface area contributed by atoms with E-state index in [0.717, 1.165) is 36.8 Å². The molecule has 1 aromatic rings. The maximum atomic E-state index is 12.4. The van der Waals surface area contributed by atoms with Crippen molar-refractivity contribution >= 4 is 12.4 Å². The van der Waals surface area contributed by atoms with Crippen molar-refractivity contribution in [1.29, 1.82) is 0 Å². The molecular formula is C16H19F3O. The van der Waals surface area contributed by atoms with Crippen LogP contribution in [0.4, 0.5) is 13.2 Å². The molecule has 1 aromatic carbocycles. The van der Waals surface area contributed by atoms with Crippen molar-refractivity contribution in [3.63, 3.8) is 0 Å². The molecule has 0 unspecified atom stereocenters. The minimum atomic E-state index is -4.30. The van der Waals surface area contributed by atoms with Crippen LogP contribution >= 0.6 is 0 Å². The van der Waals surface area contributed by atoms with E-state index in [1.165, 1.54) is 12.1 Å². The monoisotopic (exact) mass is 284 g/mol. The Morgan fingerprint density at radius 3 is 2.20 bits per heavy atom.